The third kappa shape index (κ3) is 3.28. The number of carbonyl (C=O) groups is 3. The van der Waals surface area contributed by atoms with Gasteiger partial charge in [0, 0.05) is 11.6 Å². The van der Waals surface area contributed by atoms with Crippen molar-refractivity contribution < 1.29 is 23.9 Å². The Morgan fingerprint density at radius 1 is 1.00 bits per heavy atom. The SMILES string of the molecule is COC(=O)/C=C(\C(=O)OC)C(=O)c1ccccc1. The number of ether oxygens (including phenoxy) is 2. The van der Waals surface area contributed by atoms with Crippen LogP contribution in [0.1, 0.15) is 10.4 Å². The monoisotopic (exact) mass is 248 g/mol. The standard InChI is InChI=1S/C13H12O5/c1-17-11(14)8-10(13(16)18-2)12(15)9-6-4-3-5-7-9/h3-8H,1-2H3/b10-8-. The van der Waals surface area contributed by atoms with Crippen LogP contribution in [0.5, 0.6) is 0 Å². The van der Waals surface area contributed by atoms with E-state index in [4.69, 9.17) is 0 Å². The lowest BCUT2D eigenvalue weighted by Crippen LogP contribution is -2.16. The maximum absolute atomic E-state index is 12.0. The van der Waals surface area contributed by atoms with Crippen LogP contribution >= 0.6 is 0 Å². The molecule has 0 unspecified atom stereocenters. The Hall–Kier alpha value is -2.43. The number of methoxy groups -OCH3 is 2. The first-order valence-corrected chi connectivity index (χ1v) is 5.08. The van der Waals surface area contributed by atoms with Gasteiger partial charge in [0.05, 0.1) is 14.2 Å². The number of hydrogen-bond acceptors (Lipinski definition) is 5. The van der Waals surface area contributed by atoms with Gasteiger partial charge < -0.3 is 9.47 Å². The minimum atomic E-state index is -0.880. The molecule has 0 saturated carbocycles. The summed E-state index contributed by atoms with van der Waals surface area (Å²) in [6.45, 7) is 0. The molecule has 5 heteroatoms. The summed E-state index contributed by atoms with van der Waals surface area (Å²) >= 11 is 0. The van der Waals surface area contributed by atoms with Crippen molar-refractivity contribution in [3.05, 3.63) is 47.5 Å². The first-order chi connectivity index (χ1) is 8.60. The molecule has 0 atom stereocenters. The molecule has 1 aromatic rings. The van der Waals surface area contributed by atoms with Crippen LogP contribution in [0.2, 0.25) is 0 Å². The first-order valence-electron chi connectivity index (χ1n) is 5.08. The van der Waals surface area contributed by atoms with Crippen LogP contribution in [0.15, 0.2) is 42.0 Å². The number of rotatable bonds is 4. The van der Waals surface area contributed by atoms with E-state index in [0.717, 1.165) is 20.3 Å². The van der Waals surface area contributed by atoms with Crippen molar-refractivity contribution in [2.45, 2.75) is 0 Å². The van der Waals surface area contributed by atoms with Gasteiger partial charge in [-0.3, -0.25) is 4.79 Å². The largest absolute Gasteiger partial charge is 0.466 e. The third-order valence-electron chi connectivity index (χ3n) is 2.15. The second kappa shape index (κ2) is 6.34. The molecule has 0 fully saturated rings. The zero-order chi connectivity index (χ0) is 13.5. The summed E-state index contributed by atoms with van der Waals surface area (Å²) in [5.74, 6) is -2.26. The molecule has 0 aliphatic carbocycles. The second-order valence-corrected chi connectivity index (χ2v) is 3.27. The van der Waals surface area contributed by atoms with E-state index >= 15 is 0 Å². The summed E-state index contributed by atoms with van der Waals surface area (Å²) in [6.07, 6.45) is 0.821. The van der Waals surface area contributed by atoms with E-state index in [2.05, 4.69) is 9.47 Å². The molecule has 5 nitrogen and oxygen atoms in total. The van der Waals surface area contributed by atoms with Crippen molar-refractivity contribution in [3.8, 4) is 0 Å². The predicted molar refractivity (Wildman–Crippen MR) is 62.9 cm³/mol. The lowest BCUT2D eigenvalue weighted by Gasteiger charge is -2.04. The Labute approximate surface area is 104 Å². The van der Waals surface area contributed by atoms with E-state index < -0.39 is 17.7 Å². The molecule has 0 amide bonds. The highest BCUT2D eigenvalue weighted by Gasteiger charge is 2.21. The van der Waals surface area contributed by atoms with Crippen LogP contribution in [-0.2, 0) is 19.1 Å². The predicted octanol–water partition coefficient (Wildman–Crippen LogP) is 1.14. The van der Waals surface area contributed by atoms with Crippen molar-refractivity contribution in [2.24, 2.45) is 0 Å². The van der Waals surface area contributed by atoms with Crippen molar-refractivity contribution >= 4 is 17.7 Å². The van der Waals surface area contributed by atoms with E-state index in [0.29, 0.717) is 0 Å². The highest BCUT2D eigenvalue weighted by molar-refractivity contribution is 6.26. The number of carbonyl (C=O) groups excluding carboxylic acids is 3. The Kier molecular flexibility index (Phi) is 4.80. The molecule has 18 heavy (non-hydrogen) atoms. The quantitative estimate of drug-likeness (QED) is 0.263. The lowest BCUT2D eigenvalue weighted by atomic mass is 10.0. The third-order valence-corrected chi connectivity index (χ3v) is 2.15. The highest BCUT2D eigenvalue weighted by atomic mass is 16.5. The lowest BCUT2D eigenvalue weighted by molar-refractivity contribution is -0.138. The first kappa shape index (κ1) is 13.6. The summed E-state index contributed by atoms with van der Waals surface area (Å²) < 4.78 is 8.85. The molecule has 0 heterocycles. The van der Waals surface area contributed by atoms with Gasteiger partial charge in [-0.2, -0.15) is 0 Å². The van der Waals surface area contributed by atoms with Crippen LogP contribution < -0.4 is 0 Å². The summed E-state index contributed by atoms with van der Waals surface area (Å²) in [5, 5.41) is 0. The van der Waals surface area contributed by atoms with E-state index in [9.17, 15) is 14.4 Å². The Morgan fingerprint density at radius 3 is 2.11 bits per heavy atom. The number of ketones is 1. The Morgan fingerprint density at radius 2 is 1.61 bits per heavy atom. The molecule has 1 rings (SSSR count). The molecule has 0 N–H and O–H groups in total. The van der Waals surface area contributed by atoms with Gasteiger partial charge in [0.25, 0.3) is 0 Å². The number of hydrogen-bond donors (Lipinski definition) is 0. The van der Waals surface area contributed by atoms with Crippen LogP contribution in [0.4, 0.5) is 0 Å². The molecule has 0 spiro atoms. The minimum Gasteiger partial charge on any atom is -0.466 e. The normalized spacial score (nSPS) is 10.7. The molecule has 0 aliphatic heterocycles. The molecular weight excluding hydrogens is 236 g/mol. The summed E-state index contributed by atoms with van der Waals surface area (Å²) in [6, 6.07) is 8.12. The molecule has 0 aromatic heterocycles. The molecule has 0 saturated heterocycles. The van der Waals surface area contributed by atoms with Crippen LogP contribution in [0, 0.1) is 0 Å². The van der Waals surface area contributed by atoms with Gasteiger partial charge in [-0.05, 0) is 0 Å². The smallest absolute Gasteiger partial charge is 0.342 e. The van der Waals surface area contributed by atoms with Crippen molar-refractivity contribution in [1.29, 1.82) is 0 Å². The number of Topliss-reactive ketones (excluding diaryl/α,β-unsaturated/α-hetero) is 1. The van der Waals surface area contributed by atoms with Gasteiger partial charge in [0.1, 0.15) is 5.57 Å². The van der Waals surface area contributed by atoms with Crippen molar-refractivity contribution in [2.75, 3.05) is 14.2 Å². The zero-order valence-corrected chi connectivity index (χ0v) is 10.0. The zero-order valence-electron chi connectivity index (χ0n) is 10.0. The molecule has 0 bridgehead atoms. The highest BCUT2D eigenvalue weighted by Crippen LogP contribution is 2.10. The van der Waals surface area contributed by atoms with Gasteiger partial charge in [-0.25, -0.2) is 9.59 Å². The van der Waals surface area contributed by atoms with Crippen LogP contribution in [0.3, 0.4) is 0 Å². The van der Waals surface area contributed by atoms with Gasteiger partial charge in [-0.1, -0.05) is 30.3 Å². The van der Waals surface area contributed by atoms with E-state index in [1.165, 1.54) is 12.1 Å². The molecule has 0 aliphatic rings. The summed E-state index contributed by atoms with van der Waals surface area (Å²) in [5.41, 5.74) is -0.0754. The van der Waals surface area contributed by atoms with Crippen LogP contribution in [-0.4, -0.2) is 31.9 Å². The average molecular weight is 248 g/mol. The van der Waals surface area contributed by atoms with Gasteiger partial charge in [0.2, 0.25) is 5.78 Å². The topological polar surface area (TPSA) is 69.7 Å². The van der Waals surface area contributed by atoms with E-state index in [-0.39, 0.29) is 11.1 Å². The van der Waals surface area contributed by atoms with E-state index in [1.807, 2.05) is 0 Å². The second-order valence-electron chi connectivity index (χ2n) is 3.27. The fourth-order valence-corrected chi connectivity index (χ4v) is 1.25. The fraction of sp³-hybridized carbons (Fsp3) is 0.154. The van der Waals surface area contributed by atoms with Gasteiger partial charge in [0.15, 0.2) is 0 Å². The summed E-state index contributed by atoms with van der Waals surface area (Å²) in [4.78, 5) is 34.6. The van der Waals surface area contributed by atoms with Gasteiger partial charge in [-0.15, -0.1) is 0 Å². The number of benzene rings is 1. The number of esters is 2. The Balaban J connectivity index is 3.13. The maximum Gasteiger partial charge on any atom is 0.342 e. The van der Waals surface area contributed by atoms with Gasteiger partial charge >= 0.3 is 11.9 Å². The average Bonchev–Trinajstić information content (AvgIpc) is 2.43. The summed E-state index contributed by atoms with van der Waals surface area (Å²) in [7, 11) is 2.28. The molecule has 1 aromatic carbocycles. The maximum atomic E-state index is 12.0. The fourth-order valence-electron chi connectivity index (χ4n) is 1.25. The molecule has 0 radical (unpaired) electrons. The molecule has 94 valence electrons. The van der Waals surface area contributed by atoms with Crippen LogP contribution in [0.25, 0.3) is 0 Å². The molecular formula is C13H12O5. The van der Waals surface area contributed by atoms with Crippen molar-refractivity contribution in [1.82, 2.24) is 0 Å². The van der Waals surface area contributed by atoms with E-state index in [1.54, 1.807) is 18.2 Å². The minimum absolute atomic E-state index is 0.290. The van der Waals surface area contributed by atoms with Crippen molar-refractivity contribution in [3.63, 3.8) is 0 Å². The Bertz CT molecular complexity index is 487.